The smallest absolute Gasteiger partial charge is 0.241 e. The van der Waals surface area contributed by atoms with Crippen LogP contribution in [0.2, 0.25) is 0 Å². The first-order chi connectivity index (χ1) is 11.3. The van der Waals surface area contributed by atoms with Gasteiger partial charge in [-0.15, -0.1) is 0 Å². The average Bonchev–Trinajstić information content (AvgIpc) is 2.85. The number of ketones is 2. The Balaban J connectivity index is 1.84. The largest absolute Gasteiger partial charge is 0.311 e. The number of para-hydroxylation sites is 1. The molecule has 0 aromatic heterocycles. The number of fused-ring (bicyclic) bond motifs is 3. The number of amides is 1. The molecular weight excluding hydrogens is 302 g/mol. The van der Waals surface area contributed by atoms with Crippen LogP contribution in [0.4, 0.5) is 5.69 Å². The summed E-state index contributed by atoms with van der Waals surface area (Å²) < 4.78 is 0. The van der Waals surface area contributed by atoms with Crippen molar-refractivity contribution in [1.29, 1.82) is 0 Å². The summed E-state index contributed by atoms with van der Waals surface area (Å²) in [5, 5.41) is 0. The van der Waals surface area contributed by atoms with E-state index in [-0.39, 0.29) is 11.7 Å². The number of rotatable bonds is 1. The van der Waals surface area contributed by atoms with E-state index >= 15 is 0 Å². The lowest BCUT2D eigenvalue weighted by Crippen LogP contribution is -2.53. The van der Waals surface area contributed by atoms with Crippen LogP contribution in [-0.4, -0.2) is 24.0 Å². The Morgan fingerprint density at radius 1 is 1.04 bits per heavy atom. The molecule has 3 aliphatic rings. The van der Waals surface area contributed by atoms with Crippen LogP contribution in [0.3, 0.4) is 0 Å². The summed E-state index contributed by atoms with van der Waals surface area (Å²) in [5.41, 5.74) is -0.501. The Morgan fingerprint density at radius 2 is 1.75 bits per heavy atom. The second-order valence-corrected chi connectivity index (χ2v) is 8.21. The highest BCUT2D eigenvalue weighted by Gasteiger charge is 2.78. The van der Waals surface area contributed by atoms with Crippen LogP contribution in [0.25, 0.3) is 0 Å². The molecule has 1 amide bonds. The lowest BCUT2D eigenvalue weighted by Gasteiger charge is -2.41. The van der Waals surface area contributed by atoms with Crippen molar-refractivity contribution in [2.45, 2.75) is 46.5 Å². The van der Waals surface area contributed by atoms with Gasteiger partial charge in [0, 0.05) is 17.6 Å². The van der Waals surface area contributed by atoms with Crippen molar-refractivity contribution in [3.05, 3.63) is 29.8 Å². The predicted molar refractivity (Wildman–Crippen MR) is 90.7 cm³/mol. The summed E-state index contributed by atoms with van der Waals surface area (Å²) in [7, 11) is 0. The zero-order valence-electron chi connectivity index (χ0n) is 14.5. The predicted octanol–water partition coefficient (Wildman–Crippen LogP) is 2.93. The Hall–Kier alpha value is -1.97. The summed E-state index contributed by atoms with van der Waals surface area (Å²) in [6.07, 6.45) is 2.93. The van der Waals surface area contributed by atoms with Gasteiger partial charge in [-0.2, -0.15) is 0 Å². The molecule has 0 N–H and O–H groups in total. The minimum atomic E-state index is -1.19. The Bertz CT molecular complexity index is 781. The van der Waals surface area contributed by atoms with Crippen molar-refractivity contribution < 1.29 is 14.4 Å². The minimum absolute atomic E-state index is 0.167. The van der Waals surface area contributed by atoms with Crippen molar-refractivity contribution >= 4 is 23.2 Å². The van der Waals surface area contributed by atoms with Crippen LogP contribution in [0.15, 0.2) is 24.3 Å². The first kappa shape index (κ1) is 15.6. The molecule has 4 heteroatoms. The molecule has 4 nitrogen and oxygen atoms in total. The van der Waals surface area contributed by atoms with Gasteiger partial charge in [0.25, 0.3) is 0 Å². The van der Waals surface area contributed by atoms with Crippen molar-refractivity contribution in [2.75, 3.05) is 11.4 Å². The van der Waals surface area contributed by atoms with Gasteiger partial charge in [-0.05, 0) is 42.7 Å². The van der Waals surface area contributed by atoms with Gasteiger partial charge in [-0.25, -0.2) is 0 Å². The molecule has 24 heavy (non-hydrogen) atoms. The Morgan fingerprint density at radius 3 is 2.42 bits per heavy atom. The van der Waals surface area contributed by atoms with E-state index in [1.807, 2.05) is 45.0 Å². The number of nitrogens with zero attached hydrogens (tertiary/aromatic N) is 1. The second-order valence-electron chi connectivity index (χ2n) is 8.21. The molecule has 1 aliphatic heterocycles. The molecule has 1 aromatic carbocycles. The monoisotopic (exact) mass is 325 g/mol. The number of hydrogen-bond acceptors (Lipinski definition) is 3. The number of benzene rings is 1. The fraction of sp³-hybridized carbons (Fsp3) is 0.550. The quantitative estimate of drug-likeness (QED) is 0.589. The van der Waals surface area contributed by atoms with E-state index in [0.29, 0.717) is 19.4 Å². The third-order valence-electron chi connectivity index (χ3n) is 7.26. The van der Waals surface area contributed by atoms with E-state index in [1.54, 1.807) is 4.90 Å². The van der Waals surface area contributed by atoms with E-state index in [4.69, 9.17) is 0 Å². The molecule has 4 rings (SSSR count). The summed E-state index contributed by atoms with van der Waals surface area (Å²) >= 11 is 0. The van der Waals surface area contributed by atoms with E-state index in [1.165, 1.54) is 0 Å². The second kappa shape index (κ2) is 4.56. The maximum atomic E-state index is 13.6. The third-order valence-corrected chi connectivity index (χ3v) is 7.26. The summed E-state index contributed by atoms with van der Waals surface area (Å²) in [4.78, 5) is 40.9. The highest BCUT2D eigenvalue weighted by molar-refractivity contribution is 6.49. The molecule has 2 bridgehead atoms. The maximum absolute atomic E-state index is 13.6. The fourth-order valence-corrected chi connectivity index (χ4v) is 5.22. The number of carbonyl (C=O) groups is 3. The molecular formula is C20H23NO3. The van der Waals surface area contributed by atoms with Gasteiger partial charge in [-0.1, -0.05) is 39.0 Å². The van der Waals surface area contributed by atoms with Crippen LogP contribution in [-0.2, 0) is 20.8 Å². The summed E-state index contributed by atoms with van der Waals surface area (Å²) in [6.45, 7) is 6.33. The summed E-state index contributed by atoms with van der Waals surface area (Å²) in [5.74, 6) is -0.981. The third kappa shape index (κ3) is 1.48. The van der Waals surface area contributed by atoms with Gasteiger partial charge in [0.05, 0.1) is 0 Å². The zero-order valence-corrected chi connectivity index (χ0v) is 14.5. The molecule has 0 unspecified atom stereocenters. The van der Waals surface area contributed by atoms with Gasteiger partial charge >= 0.3 is 0 Å². The number of carbonyl (C=O) groups excluding carboxylic acids is 3. The van der Waals surface area contributed by atoms with Crippen LogP contribution in [0, 0.1) is 16.2 Å². The van der Waals surface area contributed by atoms with Gasteiger partial charge in [0.15, 0.2) is 0 Å². The molecule has 1 heterocycles. The van der Waals surface area contributed by atoms with Gasteiger partial charge in [0.1, 0.15) is 5.41 Å². The lowest BCUT2D eigenvalue weighted by atomic mass is 9.64. The standard InChI is InChI=1S/C20H23NO3/c1-18(2)19(3)10-11-20(18,16(23)15(19)22)17(24)21-12-6-8-13-7-4-5-9-14(13)21/h4-5,7,9H,6,8,10-12H2,1-3H3/t19-,20-/m0/s1. The van der Waals surface area contributed by atoms with Crippen LogP contribution < -0.4 is 4.90 Å². The maximum Gasteiger partial charge on any atom is 0.241 e. The van der Waals surface area contributed by atoms with E-state index in [9.17, 15) is 14.4 Å². The van der Waals surface area contributed by atoms with Crippen molar-refractivity contribution in [1.82, 2.24) is 0 Å². The molecule has 2 fully saturated rings. The lowest BCUT2D eigenvalue weighted by molar-refractivity contribution is -0.148. The number of anilines is 1. The first-order valence-corrected chi connectivity index (χ1v) is 8.76. The molecule has 2 saturated carbocycles. The first-order valence-electron chi connectivity index (χ1n) is 8.76. The minimum Gasteiger partial charge on any atom is -0.311 e. The number of aryl methyl sites for hydroxylation is 1. The van der Waals surface area contributed by atoms with Crippen LogP contribution in [0.5, 0.6) is 0 Å². The topological polar surface area (TPSA) is 54.5 Å². The Labute approximate surface area is 142 Å². The van der Waals surface area contributed by atoms with Gasteiger partial charge in [0.2, 0.25) is 17.5 Å². The van der Waals surface area contributed by atoms with Crippen LogP contribution in [0.1, 0.15) is 45.6 Å². The Kier molecular flexibility index (Phi) is 2.95. The van der Waals surface area contributed by atoms with Crippen molar-refractivity contribution in [3.63, 3.8) is 0 Å². The highest BCUT2D eigenvalue weighted by Crippen LogP contribution is 2.69. The molecule has 0 spiro atoms. The highest BCUT2D eigenvalue weighted by atomic mass is 16.2. The normalized spacial score (nSPS) is 33.7. The molecule has 0 saturated heterocycles. The van der Waals surface area contributed by atoms with Gasteiger partial charge < -0.3 is 4.90 Å². The van der Waals surface area contributed by atoms with E-state index in [2.05, 4.69) is 0 Å². The molecule has 2 atom stereocenters. The van der Waals surface area contributed by atoms with E-state index in [0.717, 1.165) is 24.1 Å². The van der Waals surface area contributed by atoms with Gasteiger partial charge in [-0.3, -0.25) is 14.4 Å². The number of Topliss-reactive ketones (excluding diaryl/α,β-unsaturated/α-hetero) is 2. The SMILES string of the molecule is CC1(C)[C@@]2(C(=O)N3CCCc4ccccc43)CC[C@@]1(C)C(=O)C2=O. The van der Waals surface area contributed by atoms with Crippen molar-refractivity contribution in [2.24, 2.45) is 16.2 Å². The number of hydrogen-bond donors (Lipinski definition) is 0. The average molecular weight is 325 g/mol. The van der Waals surface area contributed by atoms with E-state index < -0.39 is 22.0 Å². The van der Waals surface area contributed by atoms with Crippen LogP contribution >= 0.6 is 0 Å². The molecule has 0 radical (unpaired) electrons. The molecule has 1 aromatic rings. The zero-order chi connectivity index (χ0) is 17.3. The summed E-state index contributed by atoms with van der Waals surface area (Å²) in [6, 6.07) is 7.89. The fourth-order valence-electron chi connectivity index (χ4n) is 5.22. The molecule has 126 valence electrons. The molecule has 2 aliphatic carbocycles. The van der Waals surface area contributed by atoms with Crippen molar-refractivity contribution in [3.8, 4) is 0 Å².